The first-order chi connectivity index (χ1) is 8.70. The molecule has 1 N–H and O–H groups in total. The maximum absolute atomic E-state index is 13.4. The highest BCUT2D eigenvalue weighted by molar-refractivity contribution is 6.18. The fourth-order valence-electron chi connectivity index (χ4n) is 2.53. The summed E-state index contributed by atoms with van der Waals surface area (Å²) in [7, 11) is 0. The molecule has 1 aromatic heterocycles. The van der Waals surface area contributed by atoms with Crippen LogP contribution in [0.1, 0.15) is 25.7 Å². The van der Waals surface area contributed by atoms with Crippen LogP contribution in [-0.2, 0) is 0 Å². The number of rotatable bonds is 4. The van der Waals surface area contributed by atoms with Gasteiger partial charge in [0.25, 0.3) is 0 Å². The molecule has 18 heavy (non-hydrogen) atoms. The number of hydrogen-bond acceptors (Lipinski definition) is 2. The third kappa shape index (κ3) is 3.31. The van der Waals surface area contributed by atoms with Crippen LogP contribution in [0.25, 0.3) is 0 Å². The Kier molecular flexibility index (Phi) is 4.75. The average molecular weight is 275 g/mol. The average Bonchev–Trinajstić information content (AvgIpc) is 2.38. The zero-order valence-corrected chi connectivity index (χ0v) is 10.9. The lowest BCUT2D eigenvalue weighted by Crippen LogP contribution is -2.27. The number of hydrogen-bond donors (Lipinski definition) is 1. The number of aromatic nitrogens is 1. The molecule has 1 saturated carbocycles. The standard InChI is InChI=1S/C13H17ClF2N2/c14-6-9-3-1-2-4-10(9)7-17-13-12(16)5-11(15)8-18-13/h5,8-10H,1-4,6-7H2,(H,17,18). The Morgan fingerprint density at radius 2 is 2.00 bits per heavy atom. The predicted molar refractivity (Wildman–Crippen MR) is 68.8 cm³/mol. The second-order valence-electron chi connectivity index (χ2n) is 4.82. The van der Waals surface area contributed by atoms with Crippen molar-refractivity contribution < 1.29 is 8.78 Å². The van der Waals surface area contributed by atoms with E-state index in [1.165, 1.54) is 12.8 Å². The largest absolute Gasteiger partial charge is 0.367 e. The van der Waals surface area contributed by atoms with E-state index in [2.05, 4.69) is 10.3 Å². The van der Waals surface area contributed by atoms with E-state index in [1.807, 2.05) is 0 Å². The highest BCUT2D eigenvalue weighted by Crippen LogP contribution is 2.31. The summed E-state index contributed by atoms with van der Waals surface area (Å²) in [5, 5.41) is 2.96. The van der Waals surface area contributed by atoms with Gasteiger partial charge in [-0.05, 0) is 24.7 Å². The third-order valence-corrected chi connectivity index (χ3v) is 4.00. The molecule has 0 saturated heterocycles. The quantitative estimate of drug-likeness (QED) is 0.845. The van der Waals surface area contributed by atoms with E-state index in [9.17, 15) is 8.78 Å². The van der Waals surface area contributed by atoms with Crippen molar-refractivity contribution in [3.63, 3.8) is 0 Å². The summed E-state index contributed by atoms with van der Waals surface area (Å²) in [4.78, 5) is 3.72. The van der Waals surface area contributed by atoms with Crippen LogP contribution in [0.4, 0.5) is 14.6 Å². The van der Waals surface area contributed by atoms with Crippen LogP contribution in [0, 0.1) is 23.5 Å². The summed E-state index contributed by atoms with van der Waals surface area (Å²) in [6, 6.07) is 0.842. The molecule has 2 unspecified atom stereocenters. The molecule has 2 rings (SSSR count). The minimum atomic E-state index is -0.658. The minimum Gasteiger partial charge on any atom is -0.367 e. The Morgan fingerprint density at radius 1 is 1.28 bits per heavy atom. The Morgan fingerprint density at radius 3 is 2.67 bits per heavy atom. The molecule has 1 heterocycles. The summed E-state index contributed by atoms with van der Waals surface area (Å²) in [6.45, 7) is 0.646. The molecule has 0 spiro atoms. The molecule has 2 nitrogen and oxygen atoms in total. The zero-order valence-electron chi connectivity index (χ0n) is 10.1. The van der Waals surface area contributed by atoms with Crippen LogP contribution in [0.2, 0.25) is 0 Å². The summed E-state index contributed by atoms with van der Waals surface area (Å²) < 4.78 is 26.1. The van der Waals surface area contributed by atoms with E-state index in [-0.39, 0.29) is 5.82 Å². The zero-order chi connectivity index (χ0) is 13.0. The molecule has 0 radical (unpaired) electrons. The lowest BCUT2D eigenvalue weighted by Gasteiger charge is -2.30. The Bertz CT molecular complexity index is 401. The van der Waals surface area contributed by atoms with Crippen molar-refractivity contribution in [1.82, 2.24) is 4.98 Å². The van der Waals surface area contributed by atoms with Crippen LogP contribution < -0.4 is 5.32 Å². The van der Waals surface area contributed by atoms with E-state index >= 15 is 0 Å². The first-order valence-corrected chi connectivity index (χ1v) is 6.85. The van der Waals surface area contributed by atoms with Crippen LogP contribution >= 0.6 is 11.6 Å². The molecular weight excluding hydrogens is 258 g/mol. The molecule has 0 bridgehead atoms. The number of alkyl halides is 1. The fraction of sp³-hybridized carbons (Fsp3) is 0.615. The number of nitrogens with one attached hydrogen (secondary N) is 1. The fourth-order valence-corrected chi connectivity index (χ4v) is 2.94. The van der Waals surface area contributed by atoms with E-state index in [0.29, 0.717) is 24.3 Å². The third-order valence-electron chi connectivity index (χ3n) is 3.60. The van der Waals surface area contributed by atoms with Crippen LogP contribution in [-0.4, -0.2) is 17.4 Å². The molecule has 100 valence electrons. The van der Waals surface area contributed by atoms with Crippen molar-refractivity contribution in [1.29, 1.82) is 0 Å². The van der Waals surface area contributed by atoms with Gasteiger partial charge in [0, 0.05) is 18.5 Å². The SMILES string of the molecule is Fc1cnc(NCC2CCCCC2CCl)c(F)c1. The van der Waals surface area contributed by atoms with Gasteiger partial charge in [-0.15, -0.1) is 11.6 Å². The summed E-state index contributed by atoms with van der Waals surface area (Å²) in [5.74, 6) is 0.392. The van der Waals surface area contributed by atoms with Gasteiger partial charge < -0.3 is 5.32 Å². The molecule has 0 aromatic carbocycles. The van der Waals surface area contributed by atoms with Gasteiger partial charge in [-0.1, -0.05) is 12.8 Å². The molecule has 1 aliphatic rings. The van der Waals surface area contributed by atoms with Crippen molar-refractivity contribution in [2.75, 3.05) is 17.7 Å². The van der Waals surface area contributed by atoms with E-state index in [0.717, 1.165) is 25.1 Å². The maximum atomic E-state index is 13.4. The summed E-state index contributed by atoms with van der Waals surface area (Å²) in [6.07, 6.45) is 5.67. The summed E-state index contributed by atoms with van der Waals surface area (Å²) >= 11 is 5.94. The van der Waals surface area contributed by atoms with Crippen LogP contribution in [0.5, 0.6) is 0 Å². The maximum Gasteiger partial charge on any atom is 0.168 e. The van der Waals surface area contributed by atoms with Crippen LogP contribution in [0.15, 0.2) is 12.3 Å². The van der Waals surface area contributed by atoms with Gasteiger partial charge >= 0.3 is 0 Å². The van der Waals surface area contributed by atoms with Crippen molar-refractivity contribution in [3.05, 3.63) is 23.9 Å². The smallest absolute Gasteiger partial charge is 0.168 e. The van der Waals surface area contributed by atoms with Gasteiger partial charge in [0.2, 0.25) is 0 Å². The molecule has 1 fully saturated rings. The van der Waals surface area contributed by atoms with Crippen molar-refractivity contribution in [2.24, 2.45) is 11.8 Å². The number of nitrogens with zero attached hydrogens (tertiary/aromatic N) is 1. The molecule has 5 heteroatoms. The van der Waals surface area contributed by atoms with E-state index < -0.39 is 11.6 Å². The second kappa shape index (κ2) is 6.32. The molecule has 1 aliphatic carbocycles. The lowest BCUT2D eigenvalue weighted by atomic mass is 9.80. The lowest BCUT2D eigenvalue weighted by molar-refractivity contribution is 0.271. The summed E-state index contributed by atoms with van der Waals surface area (Å²) in [5.41, 5.74) is 0. The van der Waals surface area contributed by atoms with Gasteiger partial charge in [-0.25, -0.2) is 13.8 Å². The number of halogens is 3. The van der Waals surface area contributed by atoms with Gasteiger partial charge in [0.05, 0.1) is 6.20 Å². The van der Waals surface area contributed by atoms with Gasteiger partial charge in [-0.2, -0.15) is 0 Å². The first-order valence-electron chi connectivity index (χ1n) is 6.31. The van der Waals surface area contributed by atoms with Gasteiger partial charge in [0.1, 0.15) is 5.82 Å². The molecule has 1 aromatic rings. The van der Waals surface area contributed by atoms with Crippen LogP contribution in [0.3, 0.4) is 0 Å². The van der Waals surface area contributed by atoms with Crippen molar-refractivity contribution >= 4 is 17.4 Å². The predicted octanol–water partition coefficient (Wildman–Crippen LogP) is 3.82. The highest BCUT2D eigenvalue weighted by atomic mass is 35.5. The minimum absolute atomic E-state index is 0.121. The molecule has 0 aliphatic heterocycles. The van der Waals surface area contributed by atoms with Gasteiger partial charge in [0.15, 0.2) is 11.6 Å². The first kappa shape index (κ1) is 13.5. The number of anilines is 1. The topological polar surface area (TPSA) is 24.9 Å². The Balaban J connectivity index is 1.93. The molecule has 0 amide bonds. The van der Waals surface area contributed by atoms with E-state index in [4.69, 9.17) is 11.6 Å². The van der Waals surface area contributed by atoms with E-state index in [1.54, 1.807) is 0 Å². The van der Waals surface area contributed by atoms with Gasteiger partial charge in [-0.3, -0.25) is 0 Å². The van der Waals surface area contributed by atoms with Crippen molar-refractivity contribution in [2.45, 2.75) is 25.7 Å². The highest BCUT2D eigenvalue weighted by Gasteiger charge is 2.24. The normalized spacial score (nSPS) is 23.9. The molecule has 2 atom stereocenters. The Labute approximate surface area is 111 Å². The Hall–Kier alpha value is -0.900. The molecular formula is C13H17ClF2N2. The number of pyridine rings is 1. The van der Waals surface area contributed by atoms with Crippen molar-refractivity contribution in [3.8, 4) is 0 Å². The second-order valence-corrected chi connectivity index (χ2v) is 5.13. The monoisotopic (exact) mass is 274 g/mol.